The molecule has 0 saturated heterocycles. The Morgan fingerprint density at radius 2 is 1.97 bits per heavy atom. The number of pyridine rings is 1. The summed E-state index contributed by atoms with van der Waals surface area (Å²) in [5.74, 6) is 1.52. The van der Waals surface area contributed by atoms with Crippen molar-refractivity contribution >= 4 is 29.4 Å². The third kappa shape index (κ3) is 4.52. The number of hydrogen-bond acceptors (Lipinski definition) is 8. The van der Waals surface area contributed by atoms with Crippen molar-refractivity contribution in [1.82, 2.24) is 25.1 Å². The van der Waals surface area contributed by atoms with Gasteiger partial charge in [0.1, 0.15) is 13.2 Å². The van der Waals surface area contributed by atoms with Crippen LogP contribution in [0, 0.1) is 0 Å². The van der Waals surface area contributed by atoms with E-state index in [1.54, 1.807) is 30.6 Å². The average molecular weight is 452 g/mol. The summed E-state index contributed by atoms with van der Waals surface area (Å²) in [6.45, 7) is 0.941. The fraction of sp³-hybridized carbons (Fsp3) is 0.286. The molecule has 1 aromatic carbocycles. The number of carbonyl (C=O) groups is 2. The highest BCUT2D eigenvalue weighted by molar-refractivity contribution is 7.99. The summed E-state index contributed by atoms with van der Waals surface area (Å²) < 4.78 is 13.0. The van der Waals surface area contributed by atoms with Gasteiger partial charge < -0.3 is 14.8 Å². The van der Waals surface area contributed by atoms with Crippen LogP contribution in [-0.4, -0.2) is 50.7 Å². The van der Waals surface area contributed by atoms with Gasteiger partial charge in [0.25, 0.3) is 0 Å². The van der Waals surface area contributed by atoms with E-state index in [1.165, 1.54) is 11.8 Å². The maximum absolute atomic E-state index is 12.3. The Kier molecular flexibility index (Phi) is 5.63. The lowest BCUT2D eigenvalue weighted by Crippen LogP contribution is -2.35. The molecule has 3 amide bonds. The molecule has 0 unspecified atom stereocenters. The summed E-state index contributed by atoms with van der Waals surface area (Å²) in [5.41, 5.74) is 1.38. The standard InChI is InChI=1S/C21H20N6O4S/c28-18(24-20(29)23-14-3-6-16-17(10-14)31-9-8-30-16)12-32-21-26-25-19(27(21)15-4-5-15)13-2-1-7-22-11-13/h1-3,6-7,10-11,15H,4-5,8-9,12H2,(H2,23,24,28,29). The number of anilines is 1. The molecule has 164 valence electrons. The van der Waals surface area contributed by atoms with E-state index in [-0.39, 0.29) is 5.75 Å². The van der Waals surface area contributed by atoms with Crippen molar-refractivity contribution in [3.05, 3.63) is 42.7 Å². The van der Waals surface area contributed by atoms with E-state index in [1.807, 2.05) is 16.7 Å². The predicted molar refractivity (Wildman–Crippen MR) is 117 cm³/mol. The summed E-state index contributed by atoms with van der Waals surface area (Å²) in [6.07, 6.45) is 5.54. The van der Waals surface area contributed by atoms with Gasteiger partial charge in [-0.25, -0.2) is 4.79 Å². The highest BCUT2D eigenvalue weighted by Gasteiger charge is 2.30. The molecule has 0 bridgehead atoms. The van der Waals surface area contributed by atoms with Crippen molar-refractivity contribution in [1.29, 1.82) is 0 Å². The Morgan fingerprint density at radius 3 is 2.75 bits per heavy atom. The lowest BCUT2D eigenvalue weighted by molar-refractivity contribution is -0.117. The molecule has 11 heteroatoms. The minimum Gasteiger partial charge on any atom is -0.486 e. The van der Waals surface area contributed by atoms with Crippen LogP contribution in [0.25, 0.3) is 11.4 Å². The fourth-order valence-corrected chi connectivity index (χ4v) is 4.11. The third-order valence-electron chi connectivity index (χ3n) is 4.88. The first-order valence-corrected chi connectivity index (χ1v) is 11.1. The molecule has 32 heavy (non-hydrogen) atoms. The zero-order chi connectivity index (χ0) is 21.9. The third-order valence-corrected chi connectivity index (χ3v) is 5.82. The normalized spacial score (nSPS) is 14.6. The number of thioether (sulfide) groups is 1. The first kappa shape index (κ1) is 20.3. The van der Waals surface area contributed by atoms with Gasteiger partial charge in [-0.2, -0.15) is 0 Å². The number of hydrogen-bond donors (Lipinski definition) is 2. The van der Waals surface area contributed by atoms with E-state index in [0.29, 0.717) is 41.6 Å². The Bertz CT molecular complexity index is 1150. The number of nitrogens with one attached hydrogen (secondary N) is 2. The molecule has 1 aliphatic heterocycles. The smallest absolute Gasteiger partial charge is 0.325 e. The largest absolute Gasteiger partial charge is 0.486 e. The molecule has 5 rings (SSSR count). The molecule has 3 heterocycles. The van der Waals surface area contributed by atoms with Crippen molar-refractivity contribution < 1.29 is 19.1 Å². The molecule has 1 saturated carbocycles. The highest BCUT2D eigenvalue weighted by Crippen LogP contribution is 2.41. The highest BCUT2D eigenvalue weighted by atomic mass is 32.2. The zero-order valence-electron chi connectivity index (χ0n) is 17.0. The van der Waals surface area contributed by atoms with Crippen LogP contribution in [0.3, 0.4) is 0 Å². The number of benzene rings is 1. The number of imide groups is 1. The van der Waals surface area contributed by atoms with Crippen molar-refractivity contribution in [3.8, 4) is 22.9 Å². The molecule has 2 aromatic heterocycles. The molecular formula is C21H20N6O4S. The molecule has 0 radical (unpaired) electrons. The summed E-state index contributed by atoms with van der Waals surface area (Å²) in [5, 5.41) is 14.2. The Labute approximate surface area is 187 Å². The second-order valence-electron chi connectivity index (χ2n) is 7.30. The molecular weight excluding hydrogens is 432 g/mol. The minimum absolute atomic E-state index is 0.0342. The van der Waals surface area contributed by atoms with Gasteiger partial charge in [0.05, 0.1) is 5.75 Å². The van der Waals surface area contributed by atoms with Crippen molar-refractivity contribution in [2.75, 3.05) is 24.3 Å². The lowest BCUT2D eigenvalue weighted by Gasteiger charge is -2.19. The summed E-state index contributed by atoms with van der Waals surface area (Å²) in [6, 6.07) is 8.54. The molecule has 1 aliphatic carbocycles. The summed E-state index contributed by atoms with van der Waals surface area (Å²) in [4.78, 5) is 28.7. The number of fused-ring (bicyclic) bond motifs is 1. The van der Waals surface area contributed by atoms with E-state index in [4.69, 9.17) is 9.47 Å². The van der Waals surface area contributed by atoms with Gasteiger partial charge in [0, 0.05) is 35.8 Å². The van der Waals surface area contributed by atoms with Gasteiger partial charge in [-0.15, -0.1) is 10.2 Å². The number of urea groups is 1. The number of ether oxygens (including phenoxy) is 2. The van der Waals surface area contributed by atoms with Gasteiger partial charge in [-0.05, 0) is 37.1 Å². The second-order valence-corrected chi connectivity index (χ2v) is 8.24. The monoisotopic (exact) mass is 452 g/mol. The summed E-state index contributed by atoms with van der Waals surface area (Å²) >= 11 is 1.25. The van der Waals surface area contributed by atoms with Crippen LogP contribution in [0.2, 0.25) is 0 Å². The molecule has 2 aliphatic rings. The average Bonchev–Trinajstić information content (AvgIpc) is 3.56. The zero-order valence-corrected chi connectivity index (χ0v) is 17.8. The van der Waals surface area contributed by atoms with Gasteiger partial charge >= 0.3 is 6.03 Å². The van der Waals surface area contributed by atoms with Crippen LogP contribution in [-0.2, 0) is 4.79 Å². The van der Waals surface area contributed by atoms with E-state index in [2.05, 4.69) is 25.8 Å². The second kappa shape index (κ2) is 8.87. The molecule has 3 aromatic rings. The number of carbonyl (C=O) groups excluding carboxylic acids is 2. The fourth-order valence-electron chi connectivity index (χ4n) is 3.31. The van der Waals surface area contributed by atoms with E-state index < -0.39 is 11.9 Å². The number of amides is 3. The Hall–Kier alpha value is -3.60. The molecule has 0 spiro atoms. The maximum atomic E-state index is 12.3. The summed E-state index contributed by atoms with van der Waals surface area (Å²) in [7, 11) is 0. The quantitative estimate of drug-likeness (QED) is 0.548. The van der Waals surface area contributed by atoms with Gasteiger partial charge in [-0.1, -0.05) is 11.8 Å². The molecule has 1 fully saturated rings. The van der Waals surface area contributed by atoms with E-state index in [0.717, 1.165) is 24.2 Å². The molecule has 2 N–H and O–H groups in total. The van der Waals surface area contributed by atoms with Crippen LogP contribution in [0.1, 0.15) is 18.9 Å². The van der Waals surface area contributed by atoms with Crippen LogP contribution in [0.4, 0.5) is 10.5 Å². The maximum Gasteiger partial charge on any atom is 0.325 e. The van der Waals surface area contributed by atoms with Crippen LogP contribution < -0.4 is 20.1 Å². The first-order chi connectivity index (χ1) is 15.7. The van der Waals surface area contributed by atoms with Crippen molar-refractivity contribution in [2.24, 2.45) is 0 Å². The van der Waals surface area contributed by atoms with Crippen molar-refractivity contribution in [3.63, 3.8) is 0 Å². The molecule has 0 atom stereocenters. The Balaban J connectivity index is 1.18. The van der Waals surface area contributed by atoms with Gasteiger partial charge in [0.2, 0.25) is 5.91 Å². The topological polar surface area (TPSA) is 120 Å². The Morgan fingerprint density at radius 1 is 1.12 bits per heavy atom. The predicted octanol–water partition coefficient (Wildman–Crippen LogP) is 2.89. The SMILES string of the molecule is O=C(CSc1nnc(-c2cccnc2)n1C1CC1)NC(=O)Nc1ccc2c(c1)OCCO2. The minimum atomic E-state index is -0.619. The first-order valence-electron chi connectivity index (χ1n) is 10.2. The molecule has 10 nitrogen and oxygen atoms in total. The van der Waals surface area contributed by atoms with E-state index >= 15 is 0 Å². The lowest BCUT2D eigenvalue weighted by atomic mass is 10.2. The number of rotatable bonds is 6. The van der Waals surface area contributed by atoms with Crippen LogP contribution in [0.15, 0.2) is 47.9 Å². The van der Waals surface area contributed by atoms with Gasteiger partial charge in [-0.3, -0.25) is 19.7 Å². The van der Waals surface area contributed by atoms with E-state index in [9.17, 15) is 9.59 Å². The van der Waals surface area contributed by atoms with Gasteiger partial charge in [0.15, 0.2) is 22.5 Å². The van der Waals surface area contributed by atoms with Crippen LogP contribution >= 0.6 is 11.8 Å². The van der Waals surface area contributed by atoms with Crippen LogP contribution in [0.5, 0.6) is 11.5 Å². The number of aromatic nitrogens is 4. The van der Waals surface area contributed by atoms with Crippen molar-refractivity contribution in [2.45, 2.75) is 24.0 Å². The number of nitrogens with zero attached hydrogens (tertiary/aromatic N) is 4.